The van der Waals surface area contributed by atoms with Crippen LogP contribution in [0.15, 0.2) is 36.4 Å². The lowest BCUT2D eigenvalue weighted by Gasteiger charge is -2.41. The molecule has 1 aromatic carbocycles. The molecule has 5 heteroatoms. The molecule has 4 nitrogen and oxygen atoms in total. The van der Waals surface area contributed by atoms with E-state index in [2.05, 4.69) is 40.0 Å². The van der Waals surface area contributed by atoms with Crippen molar-refractivity contribution in [2.24, 2.45) is 17.8 Å². The van der Waals surface area contributed by atoms with Gasteiger partial charge in [0.25, 0.3) is 0 Å². The summed E-state index contributed by atoms with van der Waals surface area (Å²) in [7, 11) is -3.20. The van der Waals surface area contributed by atoms with Crippen molar-refractivity contribution in [2.75, 3.05) is 25.9 Å². The van der Waals surface area contributed by atoms with Gasteiger partial charge >= 0.3 is 0 Å². The second kappa shape index (κ2) is 6.43. The van der Waals surface area contributed by atoms with Gasteiger partial charge in [-0.25, -0.2) is 13.1 Å². The topological polar surface area (TPSA) is 49.4 Å². The van der Waals surface area contributed by atoms with Crippen LogP contribution in [0.4, 0.5) is 0 Å². The average molecular weight is 387 g/mol. The Morgan fingerprint density at radius 2 is 1.93 bits per heavy atom. The van der Waals surface area contributed by atoms with Crippen LogP contribution in [0.25, 0.3) is 0 Å². The summed E-state index contributed by atoms with van der Waals surface area (Å²) < 4.78 is 26.6. The highest BCUT2D eigenvalue weighted by Crippen LogP contribution is 2.51. The standard InChI is InChI=1S/C22H30N2O2S/c1-27(25,26)23-21-14-22(20-5-3-2-4-19(20)21)8-10-24(11-9-22)15-18-13-16-6-7-17(18)12-16/h2-7,16-18,21,23H,8-15H2,1H3/t16?,17?,18-,21-/m0/s1. The van der Waals surface area contributed by atoms with E-state index in [0.29, 0.717) is 0 Å². The zero-order chi connectivity index (χ0) is 18.6. The first-order valence-corrected chi connectivity index (χ1v) is 12.3. The lowest BCUT2D eigenvalue weighted by molar-refractivity contribution is 0.129. The maximum absolute atomic E-state index is 11.9. The van der Waals surface area contributed by atoms with Gasteiger partial charge < -0.3 is 4.90 Å². The number of benzene rings is 1. The molecule has 1 heterocycles. The van der Waals surface area contributed by atoms with E-state index in [1.54, 1.807) is 0 Å². The molecule has 2 bridgehead atoms. The highest BCUT2D eigenvalue weighted by Gasteiger charge is 2.46. The van der Waals surface area contributed by atoms with Crippen LogP contribution in [0.3, 0.4) is 0 Å². The van der Waals surface area contributed by atoms with Gasteiger partial charge in [0.15, 0.2) is 0 Å². The maximum Gasteiger partial charge on any atom is 0.209 e. The number of likely N-dealkylation sites (tertiary alicyclic amines) is 1. The quantitative estimate of drug-likeness (QED) is 0.809. The van der Waals surface area contributed by atoms with E-state index >= 15 is 0 Å². The van der Waals surface area contributed by atoms with Crippen LogP contribution in [0, 0.1) is 17.8 Å². The number of hydrogen-bond donors (Lipinski definition) is 1. The molecular formula is C22H30N2O2S. The predicted molar refractivity (Wildman–Crippen MR) is 108 cm³/mol. The maximum atomic E-state index is 11.9. The van der Waals surface area contributed by atoms with Gasteiger partial charge in [0.2, 0.25) is 10.0 Å². The number of nitrogens with one attached hydrogen (secondary N) is 1. The second-order valence-electron chi connectivity index (χ2n) is 9.36. The Kier molecular flexibility index (Phi) is 4.26. The summed E-state index contributed by atoms with van der Waals surface area (Å²) in [6, 6.07) is 8.42. The molecular weight excluding hydrogens is 356 g/mol. The van der Waals surface area contributed by atoms with E-state index in [4.69, 9.17) is 0 Å². The summed E-state index contributed by atoms with van der Waals surface area (Å²) in [4.78, 5) is 2.67. The van der Waals surface area contributed by atoms with Gasteiger partial charge in [0.05, 0.1) is 6.26 Å². The molecule has 2 fully saturated rings. The first kappa shape index (κ1) is 17.9. The average Bonchev–Trinajstić information content (AvgIpc) is 3.31. The second-order valence-corrected chi connectivity index (χ2v) is 11.1. The molecule has 5 rings (SSSR count). The van der Waals surface area contributed by atoms with Crippen molar-refractivity contribution in [3.63, 3.8) is 0 Å². The van der Waals surface area contributed by atoms with Crippen LogP contribution in [-0.2, 0) is 15.4 Å². The first-order chi connectivity index (χ1) is 12.9. The molecule has 4 aliphatic rings. The van der Waals surface area contributed by atoms with Crippen LogP contribution >= 0.6 is 0 Å². The molecule has 1 saturated heterocycles. The van der Waals surface area contributed by atoms with Crippen molar-refractivity contribution >= 4 is 10.0 Å². The zero-order valence-electron chi connectivity index (χ0n) is 16.1. The zero-order valence-corrected chi connectivity index (χ0v) is 16.9. The van der Waals surface area contributed by atoms with Crippen molar-refractivity contribution in [1.82, 2.24) is 9.62 Å². The number of hydrogen-bond acceptors (Lipinski definition) is 3. The third-order valence-electron chi connectivity index (χ3n) is 7.58. The lowest BCUT2D eigenvalue weighted by atomic mass is 9.73. The number of piperidine rings is 1. The fraction of sp³-hybridized carbons (Fsp3) is 0.636. The van der Waals surface area contributed by atoms with Gasteiger partial charge in [0, 0.05) is 12.6 Å². The summed E-state index contributed by atoms with van der Waals surface area (Å²) in [6.45, 7) is 3.52. The molecule has 3 aliphatic carbocycles. The Morgan fingerprint density at radius 3 is 2.59 bits per heavy atom. The first-order valence-electron chi connectivity index (χ1n) is 10.4. The number of fused-ring (bicyclic) bond motifs is 4. The Morgan fingerprint density at radius 1 is 1.15 bits per heavy atom. The van der Waals surface area contributed by atoms with Gasteiger partial charge in [-0.15, -0.1) is 0 Å². The molecule has 27 heavy (non-hydrogen) atoms. The van der Waals surface area contributed by atoms with Crippen LogP contribution in [0.2, 0.25) is 0 Å². The van der Waals surface area contributed by atoms with Gasteiger partial charge in [-0.2, -0.15) is 0 Å². The summed E-state index contributed by atoms with van der Waals surface area (Å²) in [5.41, 5.74) is 2.72. The van der Waals surface area contributed by atoms with E-state index in [1.807, 2.05) is 6.07 Å². The third-order valence-corrected chi connectivity index (χ3v) is 8.29. The smallest absolute Gasteiger partial charge is 0.209 e. The Balaban J connectivity index is 1.29. The van der Waals surface area contributed by atoms with Crippen LogP contribution in [-0.4, -0.2) is 39.2 Å². The van der Waals surface area contributed by atoms with Gasteiger partial charge in [-0.05, 0) is 79.5 Å². The highest BCUT2D eigenvalue weighted by molar-refractivity contribution is 7.88. The van der Waals surface area contributed by atoms with Crippen LogP contribution in [0.5, 0.6) is 0 Å². The summed E-state index contributed by atoms with van der Waals surface area (Å²) in [5.74, 6) is 2.52. The molecule has 4 atom stereocenters. The summed E-state index contributed by atoms with van der Waals surface area (Å²) >= 11 is 0. The normalized spacial score (nSPS) is 34.4. The van der Waals surface area contributed by atoms with Gasteiger partial charge in [-0.1, -0.05) is 36.4 Å². The molecule has 0 amide bonds. The molecule has 0 radical (unpaired) electrons. The molecule has 146 valence electrons. The largest absolute Gasteiger partial charge is 0.303 e. The fourth-order valence-electron chi connectivity index (χ4n) is 6.33. The van der Waals surface area contributed by atoms with E-state index in [9.17, 15) is 8.42 Å². The van der Waals surface area contributed by atoms with Crippen molar-refractivity contribution in [1.29, 1.82) is 0 Å². The molecule has 1 spiro atoms. The third kappa shape index (κ3) is 3.28. The molecule has 1 aliphatic heterocycles. The van der Waals surface area contributed by atoms with E-state index in [1.165, 1.54) is 36.8 Å². The molecule has 1 saturated carbocycles. The Hall–Kier alpha value is -1.17. The Bertz CT molecular complexity index is 855. The predicted octanol–water partition coefficient (Wildman–Crippen LogP) is 3.23. The highest BCUT2D eigenvalue weighted by atomic mass is 32.2. The lowest BCUT2D eigenvalue weighted by Crippen LogP contribution is -2.44. The fourth-order valence-corrected chi connectivity index (χ4v) is 7.06. The SMILES string of the molecule is CS(=O)(=O)N[C@H]1CC2(CCN(C[C@@H]3CC4C=CC3C4)CC2)c2ccccc21. The van der Waals surface area contributed by atoms with Crippen LogP contribution < -0.4 is 4.72 Å². The summed E-state index contributed by atoms with van der Waals surface area (Å²) in [5, 5.41) is 0. The molecule has 2 unspecified atom stereocenters. The van der Waals surface area contributed by atoms with Gasteiger partial charge in [-0.3, -0.25) is 0 Å². The molecule has 1 aromatic rings. The monoisotopic (exact) mass is 386 g/mol. The Labute approximate surface area is 163 Å². The number of rotatable bonds is 4. The minimum absolute atomic E-state index is 0.0709. The van der Waals surface area contributed by atoms with Crippen molar-refractivity contribution < 1.29 is 8.42 Å². The van der Waals surface area contributed by atoms with Gasteiger partial charge in [0.1, 0.15) is 0 Å². The number of nitrogens with zero attached hydrogens (tertiary/aromatic N) is 1. The minimum atomic E-state index is -3.20. The summed E-state index contributed by atoms with van der Waals surface area (Å²) in [6.07, 6.45) is 12.1. The van der Waals surface area contributed by atoms with Crippen molar-refractivity contribution in [2.45, 2.75) is 43.6 Å². The minimum Gasteiger partial charge on any atom is -0.303 e. The van der Waals surface area contributed by atoms with Crippen molar-refractivity contribution in [3.8, 4) is 0 Å². The van der Waals surface area contributed by atoms with Crippen LogP contribution in [0.1, 0.15) is 49.3 Å². The van der Waals surface area contributed by atoms with E-state index in [0.717, 1.165) is 50.1 Å². The number of sulfonamides is 1. The van der Waals surface area contributed by atoms with E-state index < -0.39 is 10.0 Å². The molecule has 0 aromatic heterocycles. The van der Waals surface area contributed by atoms with E-state index in [-0.39, 0.29) is 11.5 Å². The van der Waals surface area contributed by atoms with Crippen molar-refractivity contribution in [3.05, 3.63) is 47.5 Å². The molecule has 1 N–H and O–H groups in total. The number of allylic oxidation sites excluding steroid dienone is 2.